The lowest BCUT2D eigenvalue weighted by atomic mass is 9.85. The molecule has 0 saturated heterocycles. The fraction of sp³-hybridized carbons (Fsp3) is 0.270. The lowest BCUT2D eigenvalue weighted by Gasteiger charge is -2.27. The van der Waals surface area contributed by atoms with Crippen LogP contribution < -0.4 is 19.5 Å². The maximum atomic E-state index is 13.1. The van der Waals surface area contributed by atoms with Crippen LogP contribution in [0.4, 0.5) is 0 Å². The molecule has 1 saturated carbocycles. The first-order valence-corrected chi connectivity index (χ1v) is 15.4. The van der Waals surface area contributed by atoms with E-state index in [2.05, 4.69) is 5.32 Å². The van der Waals surface area contributed by atoms with Crippen molar-refractivity contribution in [2.75, 3.05) is 6.61 Å². The molecular weight excluding hydrogens is 586 g/mol. The van der Waals surface area contributed by atoms with Crippen LogP contribution in [-0.2, 0) is 17.8 Å². The van der Waals surface area contributed by atoms with Crippen LogP contribution in [-0.4, -0.2) is 40.7 Å². The van der Waals surface area contributed by atoms with Gasteiger partial charge in [-0.15, -0.1) is 0 Å². The van der Waals surface area contributed by atoms with Gasteiger partial charge < -0.3 is 29.7 Å². The highest BCUT2D eigenvalue weighted by Crippen LogP contribution is 2.27. The van der Waals surface area contributed by atoms with Gasteiger partial charge in [0.15, 0.2) is 0 Å². The number of carboxylic acid groups (broad SMARTS) is 2. The Morgan fingerprint density at radius 3 is 2.17 bits per heavy atom. The van der Waals surface area contributed by atoms with Crippen molar-refractivity contribution in [2.45, 2.75) is 51.2 Å². The van der Waals surface area contributed by atoms with E-state index < -0.39 is 23.8 Å². The molecule has 9 nitrogen and oxygen atoms in total. The predicted octanol–water partition coefficient (Wildman–Crippen LogP) is 7.14. The van der Waals surface area contributed by atoms with E-state index in [0.717, 1.165) is 34.8 Å². The third-order valence-corrected chi connectivity index (χ3v) is 7.93. The molecule has 0 aromatic heterocycles. The largest absolute Gasteiger partial charge is 0.493 e. The summed E-state index contributed by atoms with van der Waals surface area (Å²) in [7, 11) is 0. The van der Waals surface area contributed by atoms with Crippen LogP contribution in [0.1, 0.15) is 63.9 Å². The minimum Gasteiger partial charge on any atom is -0.493 e. The van der Waals surface area contributed by atoms with Crippen molar-refractivity contribution in [3.8, 4) is 23.0 Å². The van der Waals surface area contributed by atoms with Gasteiger partial charge in [0.05, 0.1) is 23.7 Å². The van der Waals surface area contributed by atoms with Crippen LogP contribution in [0.5, 0.6) is 23.0 Å². The Labute approximate surface area is 267 Å². The van der Waals surface area contributed by atoms with Crippen molar-refractivity contribution in [2.24, 2.45) is 5.92 Å². The molecular formula is C37H37NO8. The van der Waals surface area contributed by atoms with Gasteiger partial charge in [-0.25, -0.2) is 4.79 Å². The van der Waals surface area contributed by atoms with E-state index in [0.29, 0.717) is 45.3 Å². The lowest BCUT2D eigenvalue weighted by Crippen LogP contribution is -2.40. The average molecular weight is 624 g/mol. The molecule has 1 amide bonds. The Bertz CT molecular complexity index is 1620. The number of carbonyl (C=O) groups excluding carboxylic acids is 1. The first kappa shape index (κ1) is 32.1. The monoisotopic (exact) mass is 623 g/mol. The summed E-state index contributed by atoms with van der Waals surface area (Å²) in [6.45, 7) is 0.746. The molecule has 0 radical (unpaired) electrons. The second-order valence-corrected chi connectivity index (χ2v) is 11.3. The normalized spacial score (nSPS) is 15.8. The average Bonchev–Trinajstić information content (AvgIpc) is 3.07. The molecule has 3 N–H and O–H groups in total. The van der Waals surface area contributed by atoms with Crippen LogP contribution in [0, 0.1) is 5.92 Å². The number of aliphatic carboxylic acids is 1. The Hall–Kier alpha value is -5.31. The number of nitrogens with one attached hydrogen (secondary N) is 1. The van der Waals surface area contributed by atoms with Gasteiger partial charge in [0.2, 0.25) is 0 Å². The Morgan fingerprint density at radius 1 is 0.761 bits per heavy atom. The zero-order valence-electron chi connectivity index (χ0n) is 25.4. The van der Waals surface area contributed by atoms with Gasteiger partial charge in [-0.1, -0.05) is 48.9 Å². The summed E-state index contributed by atoms with van der Waals surface area (Å²) in [5.41, 5.74) is 2.22. The first-order valence-electron chi connectivity index (χ1n) is 15.4. The molecule has 0 heterocycles. The van der Waals surface area contributed by atoms with Crippen LogP contribution in [0.15, 0.2) is 97.1 Å². The molecule has 4 aromatic carbocycles. The highest BCUT2D eigenvalue weighted by Gasteiger charge is 2.29. The summed E-state index contributed by atoms with van der Waals surface area (Å²) in [6, 6.07) is 29.2. The van der Waals surface area contributed by atoms with Crippen molar-refractivity contribution in [1.29, 1.82) is 0 Å². The van der Waals surface area contributed by atoms with Gasteiger partial charge in [-0.05, 0) is 97.8 Å². The fourth-order valence-electron chi connectivity index (χ4n) is 5.43. The van der Waals surface area contributed by atoms with Crippen LogP contribution in [0.3, 0.4) is 0 Å². The van der Waals surface area contributed by atoms with E-state index in [-0.39, 0.29) is 22.9 Å². The minimum absolute atomic E-state index is 0.0269. The molecule has 238 valence electrons. The quantitative estimate of drug-likeness (QED) is 0.126. The van der Waals surface area contributed by atoms with E-state index in [9.17, 15) is 24.6 Å². The third kappa shape index (κ3) is 9.11. The number of benzene rings is 4. The summed E-state index contributed by atoms with van der Waals surface area (Å²) >= 11 is 0. The second kappa shape index (κ2) is 15.6. The van der Waals surface area contributed by atoms with Crippen molar-refractivity contribution in [3.05, 3.63) is 119 Å². The van der Waals surface area contributed by atoms with Gasteiger partial charge in [0, 0.05) is 6.04 Å². The number of carboxylic acids is 2. The molecule has 46 heavy (non-hydrogen) atoms. The topological polar surface area (TPSA) is 131 Å². The predicted molar refractivity (Wildman–Crippen MR) is 172 cm³/mol. The Kier molecular flexibility index (Phi) is 10.9. The molecule has 1 fully saturated rings. The van der Waals surface area contributed by atoms with Gasteiger partial charge >= 0.3 is 11.9 Å². The molecule has 4 aromatic rings. The zero-order valence-corrected chi connectivity index (χ0v) is 25.4. The van der Waals surface area contributed by atoms with Crippen molar-refractivity contribution < 1.29 is 38.8 Å². The summed E-state index contributed by atoms with van der Waals surface area (Å²) in [4.78, 5) is 36.1. The molecule has 0 bridgehead atoms. The van der Waals surface area contributed by atoms with E-state index >= 15 is 0 Å². The molecule has 2 unspecified atom stereocenters. The van der Waals surface area contributed by atoms with Crippen LogP contribution in [0.25, 0.3) is 0 Å². The highest BCUT2D eigenvalue weighted by molar-refractivity contribution is 6.00. The van der Waals surface area contributed by atoms with Crippen LogP contribution >= 0.6 is 0 Å². The van der Waals surface area contributed by atoms with Gasteiger partial charge in [-0.2, -0.15) is 0 Å². The van der Waals surface area contributed by atoms with Crippen molar-refractivity contribution in [3.63, 3.8) is 0 Å². The molecule has 1 aliphatic carbocycles. The number of para-hydroxylation sites is 1. The standard InChI is InChI=1S/C37H37NO8/c39-35(38-29-8-4-7-27(22-29)36(40)41)33-23-28(37(42)43)15-20-34(33)44-21-5-6-25-11-16-30(17-12-25)45-24-26-13-18-32(19-14-26)46-31-9-2-1-3-10-31/h1-3,9-20,23,27,29H,4-8,21-22,24H2,(H,38,39)(H,40,41)(H,42,43). The molecule has 9 heteroatoms. The van der Waals surface area contributed by atoms with E-state index in [4.69, 9.17) is 14.2 Å². The van der Waals surface area contributed by atoms with Crippen molar-refractivity contribution in [1.82, 2.24) is 5.32 Å². The van der Waals surface area contributed by atoms with Gasteiger partial charge in [0.25, 0.3) is 5.91 Å². The third-order valence-electron chi connectivity index (χ3n) is 7.93. The summed E-state index contributed by atoms with van der Waals surface area (Å²) in [5.74, 6) is -0.399. The molecule has 2 atom stereocenters. The van der Waals surface area contributed by atoms with Gasteiger partial charge in [0.1, 0.15) is 29.6 Å². The summed E-state index contributed by atoms with van der Waals surface area (Å²) < 4.78 is 17.7. The number of carbonyl (C=O) groups is 3. The first-order chi connectivity index (χ1) is 22.3. The maximum Gasteiger partial charge on any atom is 0.335 e. The number of aryl methyl sites for hydroxylation is 1. The van der Waals surface area contributed by atoms with Crippen LogP contribution in [0.2, 0.25) is 0 Å². The second-order valence-electron chi connectivity index (χ2n) is 11.3. The number of aromatic carboxylic acids is 1. The number of amides is 1. The Morgan fingerprint density at radius 2 is 1.46 bits per heavy atom. The highest BCUT2D eigenvalue weighted by atomic mass is 16.5. The fourth-order valence-corrected chi connectivity index (χ4v) is 5.43. The Balaban J connectivity index is 1.09. The molecule has 5 rings (SSSR count). The lowest BCUT2D eigenvalue weighted by molar-refractivity contribution is -0.143. The zero-order chi connectivity index (χ0) is 32.3. The summed E-state index contributed by atoms with van der Waals surface area (Å²) in [6.07, 6.45) is 3.70. The SMILES string of the molecule is O=C(O)c1ccc(OCCCc2ccc(OCc3ccc(Oc4ccccc4)cc3)cc2)c(C(=O)NC2CCCC(C(=O)O)C2)c1. The van der Waals surface area contributed by atoms with E-state index in [1.807, 2.05) is 78.9 Å². The number of hydrogen-bond donors (Lipinski definition) is 3. The number of hydrogen-bond acceptors (Lipinski definition) is 6. The van der Waals surface area contributed by atoms with Crippen molar-refractivity contribution >= 4 is 17.8 Å². The van der Waals surface area contributed by atoms with Gasteiger partial charge in [-0.3, -0.25) is 9.59 Å². The number of rotatable bonds is 14. The molecule has 1 aliphatic rings. The van der Waals surface area contributed by atoms with E-state index in [1.165, 1.54) is 18.2 Å². The number of ether oxygens (including phenoxy) is 3. The minimum atomic E-state index is -1.15. The smallest absolute Gasteiger partial charge is 0.335 e. The maximum absolute atomic E-state index is 13.1. The van der Waals surface area contributed by atoms with E-state index in [1.54, 1.807) is 0 Å². The molecule has 0 spiro atoms. The summed E-state index contributed by atoms with van der Waals surface area (Å²) in [5, 5.41) is 21.7. The molecule has 0 aliphatic heterocycles.